The number of ether oxygens (including phenoxy) is 2. The molecule has 2 aromatic carbocycles. The first-order valence-electron chi connectivity index (χ1n) is 8.90. The minimum atomic E-state index is -3.77. The van der Waals surface area contributed by atoms with Crippen molar-refractivity contribution in [2.24, 2.45) is 0 Å². The predicted molar refractivity (Wildman–Crippen MR) is 107 cm³/mol. The van der Waals surface area contributed by atoms with Crippen LogP contribution in [0, 0.1) is 0 Å². The molecule has 0 unspecified atom stereocenters. The second kappa shape index (κ2) is 9.57. The van der Waals surface area contributed by atoms with Gasteiger partial charge in [0.15, 0.2) is 0 Å². The summed E-state index contributed by atoms with van der Waals surface area (Å²) < 4.78 is 36.8. The molecule has 0 aliphatic rings. The topological polar surface area (TPSA) is 84.9 Å². The standard InChI is InChI=1S/C20H26N2O5S/c1-5-27-18-10-12-19(13-11-18)28(24,25)22(3)14-20(23)21-15(2)16-6-8-17(26-4)9-7-16/h6-13,15H,5,14H2,1-4H3,(H,21,23)/t15-/m1/s1. The molecule has 7 nitrogen and oxygen atoms in total. The SMILES string of the molecule is CCOc1ccc(S(=O)(=O)N(C)CC(=O)N[C@H](C)c2ccc(OC)cc2)cc1. The van der Waals surface area contributed by atoms with Gasteiger partial charge in [0.05, 0.1) is 31.2 Å². The van der Waals surface area contributed by atoms with Gasteiger partial charge in [-0.15, -0.1) is 0 Å². The molecular weight excluding hydrogens is 380 g/mol. The highest BCUT2D eigenvalue weighted by Gasteiger charge is 2.23. The molecule has 0 aliphatic heterocycles. The Morgan fingerprint density at radius 3 is 2.18 bits per heavy atom. The van der Waals surface area contributed by atoms with Crippen molar-refractivity contribution >= 4 is 15.9 Å². The number of amides is 1. The van der Waals surface area contributed by atoms with Gasteiger partial charge in [0.1, 0.15) is 11.5 Å². The molecule has 0 heterocycles. The molecule has 1 atom stereocenters. The van der Waals surface area contributed by atoms with Crippen molar-refractivity contribution in [3.63, 3.8) is 0 Å². The summed E-state index contributed by atoms with van der Waals surface area (Å²) >= 11 is 0. The van der Waals surface area contributed by atoms with Gasteiger partial charge in [0.25, 0.3) is 0 Å². The fraction of sp³-hybridized carbons (Fsp3) is 0.350. The first kappa shape index (κ1) is 21.7. The first-order chi connectivity index (χ1) is 13.3. The second-order valence-electron chi connectivity index (χ2n) is 6.23. The molecule has 0 aromatic heterocycles. The van der Waals surface area contributed by atoms with E-state index in [1.807, 2.05) is 26.0 Å². The highest BCUT2D eigenvalue weighted by atomic mass is 32.2. The van der Waals surface area contributed by atoms with Gasteiger partial charge >= 0.3 is 0 Å². The van der Waals surface area contributed by atoms with Gasteiger partial charge in [-0.2, -0.15) is 4.31 Å². The molecule has 2 aromatic rings. The molecule has 0 spiro atoms. The van der Waals surface area contributed by atoms with Crippen molar-refractivity contribution < 1.29 is 22.7 Å². The van der Waals surface area contributed by atoms with Gasteiger partial charge in [-0.25, -0.2) is 8.42 Å². The van der Waals surface area contributed by atoms with Gasteiger partial charge in [0.2, 0.25) is 15.9 Å². The van der Waals surface area contributed by atoms with Crippen molar-refractivity contribution in [2.75, 3.05) is 27.3 Å². The van der Waals surface area contributed by atoms with Gasteiger partial charge in [-0.1, -0.05) is 12.1 Å². The number of hydrogen-bond donors (Lipinski definition) is 1. The van der Waals surface area contributed by atoms with E-state index >= 15 is 0 Å². The van der Waals surface area contributed by atoms with Crippen LogP contribution in [0.5, 0.6) is 11.5 Å². The summed E-state index contributed by atoms with van der Waals surface area (Å²) in [5.74, 6) is 0.930. The van der Waals surface area contributed by atoms with Gasteiger partial charge in [-0.05, 0) is 55.8 Å². The number of hydrogen-bond acceptors (Lipinski definition) is 5. The van der Waals surface area contributed by atoms with E-state index in [0.29, 0.717) is 12.4 Å². The second-order valence-corrected chi connectivity index (χ2v) is 8.27. The molecule has 0 aliphatic carbocycles. The zero-order valence-corrected chi connectivity index (χ0v) is 17.3. The van der Waals surface area contributed by atoms with E-state index in [1.54, 1.807) is 31.4 Å². The summed E-state index contributed by atoms with van der Waals surface area (Å²) in [4.78, 5) is 12.4. The number of carbonyl (C=O) groups is 1. The molecule has 0 bridgehead atoms. The summed E-state index contributed by atoms with van der Waals surface area (Å²) in [5, 5.41) is 2.81. The third-order valence-corrected chi connectivity index (χ3v) is 6.02. The normalized spacial score (nSPS) is 12.5. The third kappa shape index (κ3) is 5.46. The Morgan fingerprint density at radius 2 is 1.64 bits per heavy atom. The number of likely N-dealkylation sites (N-methyl/N-ethyl adjacent to an activating group) is 1. The molecule has 28 heavy (non-hydrogen) atoms. The summed E-state index contributed by atoms with van der Waals surface area (Å²) in [5.41, 5.74) is 0.895. The largest absolute Gasteiger partial charge is 0.497 e. The van der Waals surface area contributed by atoms with Crippen LogP contribution in [-0.4, -0.2) is 45.9 Å². The number of methoxy groups -OCH3 is 1. The molecule has 2 rings (SSSR count). The summed E-state index contributed by atoms with van der Waals surface area (Å²) in [6, 6.07) is 13.2. The Bertz CT molecular complexity index is 880. The van der Waals surface area contributed by atoms with Crippen LogP contribution in [0.1, 0.15) is 25.5 Å². The zero-order chi connectivity index (χ0) is 20.7. The number of benzene rings is 2. The minimum absolute atomic E-state index is 0.106. The fourth-order valence-corrected chi connectivity index (χ4v) is 3.73. The fourth-order valence-electron chi connectivity index (χ4n) is 2.60. The van der Waals surface area contributed by atoms with E-state index in [-0.39, 0.29) is 23.4 Å². The Hall–Kier alpha value is -2.58. The lowest BCUT2D eigenvalue weighted by Gasteiger charge is -2.19. The highest BCUT2D eigenvalue weighted by Crippen LogP contribution is 2.20. The van der Waals surface area contributed by atoms with Crippen LogP contribution >= 0.6 is 0 Å². The van der Waals surface area contributed by atoms with Crippen LogP contribution in [0.25, 0.3) is 0 Å². The van der Waals surface area contributed by atoms with Gasteiger partial charge in [0, 0.05) is 7.05 Å². The Kier molecular flexibility index (Phi) is 7.42. The Labute approximate surface area is 166 Å². The Morgan fingerprint density at radius 1 is 1.07 bits per heavy atom. The minimum Gasteiger partial charge on any atom is -0.497 e. The Balaban J connectivity index is 1.99. The molecular formula is C20H26N2O5S. The lowest BCUT2D eigenvalue weighted by molar-refractivity contribution is -0.121. The maximum Gasteiger partial charge on any atom is 0.243 e. The predicted octanol–water partition coefficient (Wildman–Crippen LogP) is 2.59. The first-order valence-corrected chi connectivity index (χ1v) is 10.3. The van der Waals surface area contributed by atoms with Crippen molar-refractivity contribution in [2.45, 2.75) is 24.8 Å². The van der Waals surface area contributed by atoms with Crippen LogP contribution < -0.4 is 14.8 Å². The summed E-state index contributed by atoms with van der Waals surface area (Å²) in [6.07, 6.45) is 0. The lowest BCUT2D eigenvalue weighted by Crippen LogP contribution is -2.39. The molecule has 0 saturated carbocycles. The number of sulfonamides is 1. The van der Waals surface area contributed by atoms with Crippen molar-refractivity contribution in [1.82, 2.24) is 9.62 Å². The van der Waals surface area contributed by atoms with E-state index in [9.17, 15) is 13.2 Å². The third-order valence-electron chi connectivity index (χ3n) is 4.20. The molecule has 0 radical (unpaired) electrons. The molecule has 0 fully saturated rings. The van der Waals surface area contributed by atoms with E-state index in [4.69, 9.17) is 9.47 Å². The van der Waals surface area contributed by atoms with E-state index in [0.717, 1.165) is 15.6 Å². The summed E-state index contributed by atoms with van der Waals surface area (Å²) in [7, 11) is -0.812. The van der Waals surface area contributed by atoms with E-state index < -0.39 is 10.0 Å². The monoisotopic (exact) mass is 406 g/mol. The quantitative estimate of drug-likeness (QED) is 0.692. The van der Waals surface area contributed by atoms with Gasteiger partial charge < -0.3 is 14.8 Å². The van der Waals surface area contributed by atoms with E-state index in [2.05, 4.69) is 5.32 Å². The lowest BCUT2D eigenvalue weighted by atomic mass is 10.1. The van der Waals surface area contributed by atoms with Crippen molar-refractivity contribution in [1.29, 1.82) is 0 Å². The number of rotatable bonds is 9. The van der Waals surface area contributed by atoms with Crippen LogP contribution in [0.4, 0.5) is 0 Å². The van der Waals surface area contributed by atoms with Crippen LogP contribution in [0.15, 0.2) is 53.4 Å². The number of nitrogens with zero attached hydrogens (tertiary/aromatic N) is 1. The number of carbonyl (C=O) groups excluding carboxylic acids is 1. The van der Waals surface area contributed by atoms with Crippen LogP contribution in [-0.2, 0) is 14.8 Å². The van der Waals surface area contributed by atoms with Crippen molar-refractivity contribution in [3.05, 3.63) is 54.1 Å². The van der Waals surface area contributed by atoms with E-state index in [1.165, 1.54) is 19.2 Å². The molecule has 1 N–H and O–H groups in total. The molecule has 8 heteroatoms. The van der Waals surface area contributed by atoms with Crippen LogP contribution in [0.2, 0.25) is 0 Å². The molecule has 1 amide bonds. The number of nitrogens with one attached hydrogen (secondary N) is 1. The highest BCUT2D eigenvalue weighted by molar-refractivity contribution is 7.89. The molecule has 0 saturated heterocycles. The average Bonchev–Trinajstić information content (AvgIpc) is 2.68. The maximum absolute atomic E-state index is 12.7. The van der Waals surface area contributed by atoms with Crippen molar-refractivity contribution in [3.8, 4) is 11.5 Å². The van der Waals surface area contributed by atoms with Gasteiger partial charge in [-0.3, -0.25) is 4.79 Å². The van der Waals surface area contributed by atoms with Crippen LogP contribution in [0.3, 0.4) is 0 Å². The zero-order valence-electron chi connectivity index (χ0n) is 16.5. The maximum atomic E-state index is 12.7. The average molecular weight is 407 g/mol. The smallest absolute Gasteiger partial charge is 0.243 e. The summed E-state index contributed by atoms with van der Waals surface area (Å²) in [6.45, 7) is 3.90. The molecule has 152 valence electrons.